The molecule has 24 heavy (non-hydrogen) atoms. The first-order chi connectivity index (χ1) is 10.8. The molecule has 0 spiro atoms. The van der Waals surface area contributed by atoms with Gasteiger partial charge in [-0.2, -0.15) is 0 Å². The van der Waals surface area contributed by atoms with Gasteiger partial charge in [-0.25, -0.2) is 8.78 Å². The summed E-state index contributed by atoms with van der Waals surface area (Å²) in [5, 5.41) is 5.06. The Kier molecular flexibility index (Phi) is 6.92. The second-order valence-electron chi connectivity index (χ2n) is 5.58. The molecule has 2 rings (SSSR count). The van der Waals surface area contributed by atoms with Crippen LogP contribution in [0.3, 0.4) is 0 Å². The van der Waals surface area contributed by atoms with Gasteiger partial charge in [-0.3, -0.25) is 14.9 Å². The highest BCUT2D eigenvalue weighted by atomic mass is 35.5. The summed E-state index contributed by atoms with van der Waals surface area (Å²) in [6.45, 7) is -0.572. The van der Waals surface area contributed by atoms with Gasteiger partial charge in [0.25, 0.3) is 11.8 Å². The number of carbonyl (C=O) groups is 2. The van der Waals surface area contributed by atoms with Gasteiger partial charge in [0.05, 0.1) is 12.6 Å². The average Bonchev–Trinajstić information content (AvgIpc) is 2.86. The van der Waals surface area contributed by atoms with Crippen LogP contribution in [0.25, 0.3) is 0 Å². The van der Waals surface area contributed by atoms with Crippen molar-refractivity contribution in [3.63, 3.8) is 0 Å². The zero-order chi connectivity index (χ0) is 17.0. The third kappa shape index (κ3) is 5.61. The molecule has 1 aliphatic rings. The molecule has 1 heterocycles. The number of rotatable bonds is 5. The number of hydrogen-bond donors (Lipinski definition) is 2. The van der Waals surface area contributed by atoms with Gasteiger partial charge in [0.2, 0.25) is 5.91 Å². The van der Waals surface area contributed by atoms with Gasteiger partial charge in [0.15, 0.2) is 6.61 Å². The van der Waals surface area contributed by atoms with E-state index in [0.29, 0.717) is 11.4 Å². The number of benzene rings is 1. The highest BCUT2D eigenvalue weighted by Crippen LogP contribution is 2.26. The molecule has 1 unspecified atom stereocenters. The quantitative estimate of drug-likeness (QED) is 0.832. The molecule has 1 fully saturated rings. The van der Waals surface area contributed by atoms with Crippen LogP contribution in [0.5, 0.6) is 5.75 Å². The van der Waals surface area contributed by atoms with E-state index in [1.165, 1.54) is 4.90 Å². The number of nitrogens with zero attached hydrogens (tertiary/aromatic N) is 1. The molecule has 1 aromatic rings. The van der Waals surface area contributed by atoms with Gasteiger partial charge in [-0.05, 0) is 24.3 Å². The van der Waals surface area contributed by atoms with Crippen molar-refractivity contribution in [2.75, 3.05) is 32.6 Å². The molecule has 1 aliphatic heterocycles. The lowest BCUT2D eigenvalue weighted by atomic mass is 10.2. The standard InChI is InChI=1S/C15H19F2N3O3.ClH/c1-20(2)13(21)8-23-11-5-3-10(4-6-11)19-14(22)12-7-15(16,17)9-18-12;/h3-6,12,18H,7-9H2,1-2H3,(H,19,22);1H. The summed E-state index contributed by atoms with van der Waals surface area (Å²) in [5.41, 5.74) is 0.471. The molecule has 9 heteroatoms. The van der Waals surface area contributed by atoms with Gasteiger partial charge in [-0.1, -0.05) is 0 Å². The maximum atomic E-state index is 13.1. The van der Waals surface area contributed by atoms with E-state index in [4.69, 9.17) is 4.74 Å². The molecule has 0 aliphatic carbocycles. The summed E-state index contributed by atoms with van der Waals surface area (Å²) < 4.78 is 31.4. The Labute approximate surface area is 144 Å². The molecule has 0 saturated carbocycles. The molecular formula is C15H20ClF2N3O3. The zero-order valence-electron chi connectivity index (χ0n) is 13.3. The summed E-state index contributed by atoms with van der Waals surface area (Å²) in [7, 11) is 3.26. The van der Waals surface area contributed by atoms with Crippen LogP contribution < -0.4 is 15.4 Å². The number of carbonyl (C=O) groups excluding carboxylic acids is 2. The fraction of sp³-hybridized carbons (Fsp3) is 0.467. The second-order valence-corrected chi connectivity index (χ2v) is 5.58. The van der Waals surface area contributed by atoms with Crippen molar-refractivity contribution in [2.24, 2.45) is 0 Å². The topological polar surface area (TPSA) is 70.7 Å². The number of halogens is 3. The van der Waals surface area contributed by atoms with Crippen LogP contribution in [0.2, 0.25) is 0 Å². The molecule has 2 amide bonds. The predicted molar refractivity (Wildman–Crippen MR) is 87.9 cm³/mol. The molecule has 0 radical (unpaired) electrons. The number of amides is 2. The van der Waals surface area contributed by atoms with Crippen LogP contribution >= 0.6 is 12.4 Å². The Morgan fingerprint density at radius 2 is 1.96 bits per heavy atom. The lowest BCUT2D eigenvalue weighted by molar-refractivity contribution is -0.130. The van der Waals surface area contributed by atoms with Crippen LogP contribution in [-0.2, 0) is 9.59 Å². The lowest BCUT2D eigenvalue weighted by Crippen LogP contribution is -2.35. The fourth-order valence-corrected chi connectivity index (χ4v) is 2.04. The Hall–Kier alpha value is -1.93. The second kappa shape index (κ2) is 8.25. The zero-order valence-corrected chi connectivity index (χ0v) is 14.2. The highest BCUT2D eigenvalue weighted by molar-refractivity contribution is 5.95. The van der Waals surface area contributed by atoms with E-state index >= 15 is 0 Å². The normalized spacial score (nSPS) is 18.4. The lowest BCUT2D eigenvalue weighted by Gasteiger charge is -2.13. The minimum atomic E-state index is -2.85. The van der Waals surface area contributed by atoms with Gasteiger partial charge < -0.3 is 15.0 Å². The van der Waals surface area contributed by atoms with Crippen molar-refractivity contribution in [3.05, 3.63) is 24.3 Å². The Morgan fingerprint density at radius 3 is 2.46 bits per heavy atom. The fourth-order valence-electron chi connectivity index (χ4n) is 2.04. The first-order valence-corrected chi connectivity index (χ1v) is 7.12. The summed E-state index contributed by atoms with van der Waals surface area (Å²) in [5.74, 6) is -3.04. The van der Waals surface area contributed by atoms with Crippen LogP contribution in [0.15, 0.2) is 24.3 Å². The molecule has 0 aromatic heterocycles. The van der Waals surface area contributed by atoms with Gasteiger partial charge in [-0.15, -0.1) is 12.4 Å². The van der Waals surface area contributed by atoms with E-state index in [1.807, 2.05) is 0 Å². The third-order valence-corrected chi connectivity index (χ3v) is 3.41. The minimum absolute atomic E-state index is 0. The molecule has 1 saturated heterocycles. The van der Waals surface area contributed by atoms with E-state index in [1.54, 1.807) is 38.4 Å². The molecule has 6 nitrogen and oxygen atoms in total. The van der Waals surface area contributed by atoms with E-state index in [9.17, 15) is 18.4 Å². The molecule has 1 aromatic carbocycles. The van der Waals surface area contributed by atoms with Crippen molar-refractivity contribution >= 4 is 29.9 Å². The predicted octanol–water partition coefficient (Wildman–Crippen LogP) is 1.51. The largest absolute Gasteiger partial charge is 0.484 e. The van der Waals surface area contributed by atoms with Crippen LogP contribution in [0, 0.1) is 0 Å². The number of likely N-dealkylation sites (N-methyl/N-ethyl adjacent to an activating group) is 1. The van der Waals surface area contributed by atoms with Crippen molar-refractivity contribution in [1.82, 2.24) is 10.2 Å². The minimum Gasteiger partial charge on any atom is -0.484 e. The van der Waals surface area contributed by atoms with Gasteiger partial charge in [0.1, 0.15) is 5.75 Å². The third-order valence-electron chi connectivity index (χ3n) is 3.41. The van der Waals surface area contributed by atoms with Crippen molar-refractivity contribution in [1.29, 1.82) is 0 Å². The Morgan fingerprint density at radius 1 is 1.33 bits per heavy atom. The maximum absolute atomic E-state index is 13.1. The molecule has 2 N–H and O–H groups in total. The summed E-state index contributed by atoms with van der Waals surface area (Å²) in [4.78, 5) is 24.7. The number of alkyl halides is 2. The van der Waals surface area contributed by atoms with Crippen LogP contribution in [0.1, 0.15) is 6.42 Å². The first-order valence-electron chi connectivity index (χ1n) is 7.12. The SMILES string of the molecule is CN(C)C(=O)COc1ccc(NC(=O)C2CC(F)(F)CN2)cc1.Cl. The first kappa shape index (κ1) is 20.1. The number of anilines is 1. The monoisotopic (exact) mass is 363 g/mol. The summed E-state index contributed by atoms with van der Waals surface area (Å²) in [6, 6.07) is 5.45. The molecule has 0 bridgehead atoms. The molecule has 1 atom stereocenters. The van der Waals surface area contributed by atoms with Gasteiger partial charge >= 0.3 is 0 Å². The molecular weight excluding hydrogens is 344 g/mol. The van der Waals surface area contributed by atoms with Crippen LogP contribution in [0.4, 0.5) is 14.5 Å². The summed E-state index contributed by atoms with van der Waals surface area (Å²) in [6.07, 6.45) is -0.507. The van der Waals surface area contributed by atoms with Crippen molar-refractivity contribution in [3.8, 4) is 5.75 Å². The van der Waals surface area contributed by atoms with Crippen molar-refractivity contribution < 1.29 is 23.1 Å². The maximum Gasteiger partial charge on any atom is 0.262 e. The van der Waals surface area contributed by atoms with Crippen molar-refractivity contribution in [2.45, 2.75) is 18.4 Å². The number of nitrogens with one attached hydrogen (secondary N) is 2. The highest BCUT2D eigenvalue weighted by Gasteiger charge is 2.42. The van der Waals surface area contributed by atoms with Gasteiger partial charge in [0, 0.05) is 26.2 Å². The van der Waals surface area contributed by atoms with E-state index in [2.05, 4.69) is 10.6 Å². The average molecular weight is 364 g/mol. The van der Waals surface area contributed by atoms with E-state index in [0.717, 1.165) is 0 Å². The Balaban J connectivity index is 0.00000288. The smallest absolute Gasteiger partial charge is 0.262 e. The number of ether oxygens (including phenoxy) is 1. The van der Waals surface area contributed by atoms with Crippen LogP contribution in [-0.4, -0.2) is 55.9 Å². The van der Waals surface area contributed by atoms with E-state index in [-0.39, 0.29) is 24.9 Å². The summed E-state index contributed by atoms with van der Waals surface area (Å²) >= 11 is 0. The number of hydrogen-bond acceptors (Lipinski definition) is 4. The van der Waals surface area contributed by atoms with E-state index < -0.39 is 30.8 Å². The molecule has 134 valence electrons. The Bertz CT molecular complexity index is 582.